The number of thioether (sulfide) groups is 1. The van der Waals surface area contributed by atoms with E-state index in [4.69, 9.17) is 4.42 Å². The molecule has 0 aliphatic carbocycles. The first kappa shape index (κ1) is 17.7. The van der Waals surface area contributed by atoms with E-state index in [0.29, 0.717) is 16.7 Å². The van der Waals surface area contributed by atoms with Gasteiger partial charge in [-0.3, -0.25) is 0 Å². The summed E-state index contributed by atoms with van der Waals surface area (Å²) >= 11 is 2.69. The molecule has 0 fully saturated rings. The van der Waals surface area contributed by atoms with Crippen LogP contribution in [0.5, 0.6) is 0 Å². The zero-order chi connectivity index (χ0) is 19.1. The van der Waals surface area contributed by atoms with Crippen LogP contribution >= 0.6 is 23.1 Å². The van der Waals surface area contributed by atoms with Crippen LogP contribution in [0.15, 0.2) is 51.1 Å². The molecule has 4 rings (SSSR count). The molecule has 2 aromatic heterocycles. The van der Waals surface area contributed by atoms with Crippen molar-refractivity contribution in [1.29, 1.82) is 5.26 Å². The van der Waals surface area contributed by atoms with Gasteiger partial charge in [-0.2, -0.15) is 5.26 Å². The normalized spacial score (nSPS) is 11.3. The first-order chi connectivity index (χ1) is 13.0. The second-order valence-electron chi connectivity index (χ2n) is 6.33. The van der Waals surface area contributed by atoms with Crippen LogP contribution in [0.3, 0.4) is 0 Å². The van der Waals surface area contributed by atoms with Crippen LogP contribution in [0.2, 0.25) is 0 Å². The predicted octanol–water partition coefficient (Wildman–Crippen LogP) is 6.38. The number of hydrogen-bond donors (Lipinski definition) is 1. The van der Waals surface area contributed by atoms with Crippen molar-refractivity contribution in [3.05, 3.63) is 52.9 Å². The number of para-hydroxylation sites is 1. The minimum Gasteiger partial charge on any atom is -0.477 e. The second-order valence-corrected chi connectivity index (χ2v) is 9.19. The van der Waals surface area contributed by atoms with Crippen LogP contribution in [0.4, 0.5) is 0 Å². The van der Waals surface area contributed by atoms with Crippen LogP contribution in [0.1, 0.15) is 29.1 Å². The highest BCUT2D eigenvalue weighted by Crippen LogP contribution is 2.46. The molecule has 6 heteroatoms. The monoisotopic (exact) mass is 393 g/mol. The molecule has 2 heterocycles. The fraction of sp³-hybridized carbons (Fsp3) is 0.143. The molecule has 0 unspecified atom stereocenters. The van der Waals surface area contributed by atoms with Gasteiger partial charge in [0.1, 0.15) is 22.1 Å². The van der Waals surface area contributed by atoms with Gasteiger partial charge in [0, 0.05) is 21.6 Å². The van der Waals surface area contributed by atoms with E-state index >= 15 is 0 Å². The Hall–Kier alpha value is -2.75. The molecule has 1 N–H and O–H groups in total. The Morgan fingerprint density at radius 3 is 2.63 bits per heavy atom. The summed E-state index contributed by atoms with van der Waals surface area (Å²) in [6.45, 7) is 4.05. The Bertz CT molecular complexity index is 1230. The van der Waals surface area contributed by atoms with Gasteiger partial charge in [-0.25, -0.2) is 4.79 Å². The number of aromatic carboxylic acids is 1. The number of benzene rings is 2. The minimum atomic E-state index is -1.02. The van der Waals surface area contributed by atoms with Gasteiger partial charge in [-0.15, -0.1) is 23.1 Å². The molecule has 0 spiro atoms. The third kappa shape index (κ3) is 2.89. The number of fused-ring (bicyclic) bond motifs is 3. The van der Waals surface area contributed by atoms with E-state index in [-0.39, 0.29) is 10.1 Å². The van der Waals surface area contributed by atoms with Gasteiger partial charge in [-0.05, 0) is 17.7 Å². The van der Waals surface area contributed by atoms with Crippen molar-refractivity contribution in [2.24, 2.45) is 0 Å². The molecule has 134 valence electrons. The molecular formula is C21H15NO3S2. The van der Waals surface area contributed by atoms with Crippen LogP contribution in [-0.2, 0) is 0 Å². The standard InChI is InChI=1S/C21H15NO3S2/c1-11(2)26-21-14(10-22)18(19(27-21)20(23)24)13-7-5-9-16-17(13)12-6-3-4-8-15(12)25-16/h3-9,11H,1-2H3,(H,23,24). The van der Waals surface area contributed by atoms with Gasteiger partial charge >= 0.3 is 5.97 Å². The summed E-state index contributed by atoms with van der Waals surface area (Å²) in [6, 6.07) is 15.5. The van der Waals surface area contributed by atoms with E-state index in [0.717, 1.165) is 26.1 Å². The SMILES string of the molecule is CC(C)Sc1sc(C(=O)O)c(-c2cccc3oc4ccccc4c23)c1C#N. The van der Waals surface area contributed by atoms with E-state index in [1.807, 2.05) is 56.3 Å². The highest BCUT2D eigenvalue weighted by Gasteiger charge is 2.27. The third-order valence-electron chi connectivity index (χ3n) is 4.20. The number of rotatable bonds is 4. The van der Waals surface area contributed by atoms with E-state index in [1.54, 1.807) is 0 Å². The number of carboxylic acids is 1. The van der Waals surface area contributed by atoms with Crippen LogP contribution in [-0.4, -0.2) is 16.3 Å². The Labute approximate surface area is 164 Å². The van der Waals surface area contributed by atoms with Gasteiger partial charge in [0.2, 0.25) is 0 Å². The van der Waals surface area contributed by atoms with Crippen molar-refractivity contribution in [3.63, 3.8) is 0 Å². The van der Waals surface area contributed by atoms with Gasteiger partial charge in [0.25, 0.3) is 0 Å². The lowest BCUT2D eigenvalue weighted by molar-refractivity contribution is 0.0703. The number of nitrogens with zero attached hydrogens (tertiary/aromatic N) is 1. The Kier molecular flexibility index (Phi) is 4.42. The number of nitriles is 1. The fourth-order valence-corrected chi connectivity index (χ4v) is 5.75. The van der Waals surface area contributed by atoms with Crippen molar-refractivity contribution in [2.75, 3.05) is 0 Å². The highest BCUT2D eigenvalue weighted by molar-refractivity contribution is 8.01. The number of carboxylic acid groups (broad SMARTS) is 1. The molecule has 0 amide bonds. The zero-order valence-electron chi connectivity index (χ0n) is 14.6. The minimum absolute atomic E-state index is 0.187. The van der Waals surface area contributed by atoms with Crippen LogP contribution in [0, 0.1) is 11.3 Å². The molecule has 4 nitrogen and oxygen atoms in total. The lowest BCUT2D eigenvalue weighted by atomic mass is 9.97. The number of thiophene rings is 1. The summed E-state index contributed by atoms with van der Waals surface area (Å²) in [5.74, 6) is -1.02. The maximum Gasteiger partial charge on any atom is 0.346 e. The average molecular weight is 393 g/mol. The van der Waals surface area contributed by atoms with Crippen LogP contribution in [0.25, 0.3) is 33.1 Å². The molecule has 0 atom stereocenters. The van der Waals surface area contributed by atoms with Crippen molar-refractivity contribution in [2.45, 2.75) is 23.3 Å². The first-order valence-corrected chi connectivity index (χ1v) is 10.1. The van der Waals surface area contributed by atoms with E-state index in [1.165, 1.54) is 23.1 Å². The molecule has 0 aliphatic heterocycles. The molecule has 27 heavy (non-hydrogen) atoms. The van der Waals surface area contributed by atoms with Gasteiger partial charge in [-0.1, -0.05) is 44.2 Å². The smallest absolute Gasteiger partial charge is 0.346 e. The molecule has 0 bridgehead atoms. The predicted molar refractivity (Wildman–Crippen MR) is 110 cm³/mol. The first-order valence-electron chi connectivity index (χ1n) is 8.38. The summed E-state index contributed by atoms with van der Waals surface area (Å²) in [7, 11) is 0. The Morgan fingerprint density at radius 2 is 1.93 bits per heavy atom. The number of carbonyl (C=O) groups is 1. The molecule has 0 aliphatic rings. The summed E-state index contributed by atoms with van der Waals surface area (Å²) in [6.07, 6.45) is 0. The van der Waals surface area contributed by atoms with E-state index in [2.05, 4.69) is 6.07 Å². The third-order valence-corrected chi connectivity index (χ3v) is 6.60. The molecule has 0 saturated carbocycles. The fourth-order valence-electron chi connectivity index (χ4n) is 3.20. The largest absolute Gasteiger partial charge is 0.477 e. The number of furan rings is 1. The van der Waals surface area contributed by atoms with Gasteiger partial charge in [0.15, 0.2) is 0 Å². The molecule has 0 saturated heterocycles. The Morgan fingerprint density at radius 1 is 1.19 bits per heavy atom. The van der Waals surface area contributed by atoms with Crippen molar-refractivity contribution >= 4 is 51.0 Å². The van der Waals surface area contributed by atoms with Crippen molar-refractivity contribution < 1.29 is 14.3 Å². The average Bonchev–Trinajstić information content (AvgIpc) is 3.19. The quantitative estimate of drug-likeness (QED) is 0.407. The highest BCUT2D eigenvalue weighted by atomic mass is 32.2. The van der Waals surface area contributed by atoms with Crippen LogP contribution < -0.4 is 0 Å². The summed E-state index contributed by atoms with van der Waals surface area (Å²) in [5, 5.41) is 21.6. The van der Waals surface area contributed by atoms with E-state index in [9.17, 15) is 15.2 Å². The molecular weight excluding hydrogens is 378 g/mol. The zero-order valence-corrected chi connectivity index (χ0v) is 16.3. The maximum absolute atomic E-state index is 12.0. The number of hydrogen-bond acceptors (Lipinski definition) is 5. The summed E-state index contributed by atoms with van der Waals surface area (Å²) in [4.78, 5) is 12.2. The second kappa shape index (κ2) is 6.76. The lowest BCUT2D eigenvalue weighted by Gasteiger charge is -2.05. The lowest BCUT2D eigenvalue weighted by Crippen LogP contribution is -1.96. The maximum atomic E-state index is 12.0. The Balaban J connectivity index is 2.11. The molecule has 4 aromatic rings. The summed E-state index contributed by atoms with van der Waals surface area (Å²) in [5.41, 5.74) is 3.04. The molecule has 0 radical (unpaired) electrons. The van der Waals surface area contributed by atoms with Crippen molar-refractivity contribution in [1.82, 2.24) is 0 Å². The van der Waals surface area contributed by atoms with Crippen molar-refractivity contribution in [3.8, 4) is 17.2 Å². The van der Waals surface area contributed by atoms with E-state index < -0.39 is 5.97 Å². The van der Waals surface area contributed by atoms with Gasteiger partial charge in [0.05, 0.1) is 9.77 Å². The summed E-state index contributed by atoms with van der Waals surface area (Å²) < 4.78 is 6.67. The van der Waals surface area contributed by atoms with Gasteiger partial charge < -0.3 is 9.52 Å². The topological polar surface area (TPSA) is 74.2 Å². The molecule has 2 aromatic carbocycles.